The van der Waals surface area contributed by atoms with E-state index in [0.717, 1.165) is 37.2 Å². The molecule has 0 heterocycles. The van der Waals surface area contributed by atoms with Crippen molar-refractivity contribution in [3.63, 3.8) is 0 Å². The maximum Gasteiger partial charge on any atom is 0.119 e. The quantitative estimate of drug-likeness (QED) is 0.825. The topological polar surface area (TPSA) is 64.7 Å². The van der Waals surface area contributed by atoms with Gasteiger partial charge in [0, 0.05) is 5.54 Å². The fourth-order valence-electron chi connectivity index (χ4n) is 2.80. The third kappa shape index (κ3) is 3.39. The molecule has 106 valence electrons. The summed E-state index contributed by atoms with van der Waals surface area (Å²) in [6.45, 7) is 0.705. The van der Waals surface area contributed by atoms with Crippen molar-refractivity contribution in [2.75, 3.05) is 20.3 Å². The molecule has 4 heteroatoms. The molecule has 1 aliphatic carbocycles. The molecule has 0 aromatic heterocycles. The standard InChI is InChI=1S/C15H23NO3/c1-18-13-4-6-14(7-5-13)19-10-8-12-3-2-9-15(12,16)11-17/h4-7,12,17H,2-3,8-11,16H2,1H3. The van der Waals surface area contributed by atoms with Gasteiger partial charge in [0.1, 0.15) is 11.5 Å². The van der Waals surface area contributed by atoms with E-state index in [1.54, 1.807) is 7.11 Å². The van der Waals surface area contributed by atoms with Gasteiger partial charge in [0.05, 0.1) is 20.3 Å². The van der Waals surface area contributed by atoms with Crippen molar-refractivity contribution < 1.29 is 14.6 Å². The third-order valence-corrected chi connectivity index (χ3v) is 4.10. The molecule has 3 N–H and O–H groups in total. The van der Waals surface area contributed by atoms with Crippen LogP contribution in [0.4, 0.5) is 0 Å². The summed E-state index contributed by atoms with van der Waals surface area (Å²) in [5.41, 5.74) is 5.80. The zero-order chi connectivity index (χ0) is 13.7. The van der Waals surface area contributed by atoms with Crippen LogP contribution in [0.1, 0.15) is 25.7 Å². The molecule has 1 aromatic rings. The Balaban J connectivity index is 1.79. The molecule has 0 saturated heterocycles. The lowest BCUT2D eigenvalue weighted by Crippen LogP contribution is -2.47. The van der Waals surface area contributed by atoms with Crippen molar-refractivity contribution in [1.82, 2.24) is 0 Å². The summed E-state index contributed by atoms with van der Waals surface area (Å²) in [5.74, 6) is 2.02. The molecule has 1 fully saturated rings. The van der Waals surface area contributed by atoms with Crippen LogP contribution in [0.25, 0.3) is 0 Å². The van der Waals surface area contributed by atoms with E-state index < -0.39 is 5.54 Å². The van der Waals surface area contributed by atoms with Crippen LogP contribution in [0, 0.1) is 5.92 Å². The van der Waals surface area contributed by atoms with Gasteiger partial charge in [0.15, 0.2) is 0 Å². The van der Waals surface area contributed by atoms with Crippen molar-refractivity contribution in [1.29, 1.82) is 0 Å². The Labute approximate surface area is 114 Å². The summed E-state index contributed by atoms with van der Waals surface area (Å²) in [5, 5.41) is 9.39. The first-order valence-corrected chi connectivity index (χ1v) is 6.84. The van der Waals surface area contributed by atoms with Crippen LogP contribution in [0.5, 0.6) is 11.5 Å². The van der Waals surface area contributed by atoms with Gasteiger partial charge >= 0.3 is 0 Å². The normalized spacial score (nSPS) is 26.4. The van der Waals surface area contributed by atoms with Gasteiger partial charge < -0.3 is 20.3 Å². The minimum absolute atomic E-state index is 0.0696. The van der Waals surface area contributed by atoms with E-state index in [1.165, 1.54) is 0 Å². The van der Waals surface area contributed by atoms with Crippen molar-refractivity contribution in [3.05, 3.63) is 24.3 Å². The van der Waals surface area contributed by atoms with E-state index in [4.69, 9.17) is 15.2 Å². The van der Waals surface area contributed by atoms with E-state index in [9.17, 15) is 5.11 Å². The van der Waals surface area contributed by atoms with Gasteiger partial charge in [-0.05, 0) is 49.4 Å². The monoisotopic (exact) mass is 265 g/mol. The second-order valence-electron chi connectivity index (χ2n) is 5.29. The summed E-state index contributed by atoms with van der Waals surface area (Å²) >= 11 is 0. The number of hydrogen-bond donors (Lipinski definition) is 2. The average Bonchev–Trinajstić information content (AvgIpc) is 2.82. The smallest absolute Gasteiger partial charge is 0.119 e. The number of nitrogens with two attached hydrogens (primary N) is 1. The van der Waals surface area contributed by atoms with Crippen LogP contribution in [0.15, 0.2) is 24.3 Å². The van der Waals surface area contributed by atoms with Crippen LogP contribution < -0.4 is 15.2 Å². The molecule has 0 bridgehead atoms. The van der Waals surface area contributed by atoms with E-state index in [-0.39, 0.29) is 6.61 Å². The van der Waals surface area contributed by atoms with Gasteiger partial charge in [0.2, 0.25) is 0 Å². The maximum atomic E-state index is 9.39. The molecule has 2 rings (SSSR count). The van der Waals surface area contributed by atoms with E-state index >= 15 is 0 Å². The van der Waals surface area contributed by atoms with E-state index in [0.29, 0.717) is 12.5 Å². The highest BCUT2D eigenvalue weighted by Crippen LogP contribution is 2.35. The van der Waals surface area contributed by atoms with Gasteiger partial charge in [-0.1, -0.05) is 6.42 Å². The number of aliphatic hydroxyl groups is 1. The molecule has 0 aliphatic heterocycles. The van der Waals surface area contributed by atoms with Crippen LogP contribution in [0.2, 0.25) is 0 Å². The van der Waals surface area contributed by atoms with Crippen LogP contribution in [0.3, 0.4) is 0 Å². The number of rotatable bonds is 6. The molecule has 4 nitrogen and oxygen atoms in total. The lowest BCUT2D eigenvalue weighted by Gasteiger charge is -2.29. The Bertz CT molecular complexity index is 393. The SMILES string of the molecule is COc1ccc(OCCC2CCCC2(N)CO)cc1. The Hall–Kier alpha value is -1.26. The molecule has 19 heavy (non-hydrogen) atoms. The minimum atomic E-state index is -0.400. The maximum absolute atomic E-state index is 9.39. The van der Waals surface area contributed by atoms with Crippen LogP contribution in [-0.2, 0) is 0 Å². The molecule has 2 atom stereocenters. The second-order valence-corrected chi connectivity index (χ2v) is 5.29. The van der Waals surface area contributed by atoms with Gasteiger partial charge in [-0.2, -0.15) is 0 Å². The van der Waals surface area contributed by atoms with Crippen molar-refractivity contribution in [3.8, 4) is 11.5 Å². The lowest BCUT2D eigenvalue weighted by molar-refractivity contribution is 0.143. The number of hydrogen-bond acceptors (Lipinski definition) is 4. The summed E-state index contributed by atoms with van der Waals surface area (Å²) in [6, 6.07) is 7.56. The van der Waals surface area contributed by atoms with Gasteiger partial charge in [0.25, 0.3) is 0 Å². The Kier molecular flexibility index (Phi) is 4.66. The molecule has 2 unspecified atom stereocenters. The van der Waals surface area contributed by atoms with Crippen molar-refractivity contribution >= 4 is 0 Å². The predicted octanol–water partition coefficient (Wildman–Crippen LogP) is 1.95. The van der Waals surface area contributed by atoms with Gasteiger partial charge in [-0.15, -0.1) is 0 Å². The molecule has 1 aromatic carbocycles. The Morgan fingerprint density at radius 2 is 2.00 bits per heavy atom. The molecule has 0 amide bonds. The number of benzene rings is 1. The highest BCUT2D eigenvalue weighted by Gasteiger charge is 2.38. The number of methoxy groups -OCH3 is 1. The van der Waals surface area contributed by atoms with E-state index in [2.05, 4.69) is 0 Å². The highest BCUT2D eigenvalue weighted by molar-refractivity contribution is 5.31. The number of ether oxygens (including phenoxy) is 2. The lowest BCUT2D eigenvalue weighted by atomic mass is 9.87. The summed E-state index contributed by atoms with van der Waals surface area (Å²) in [6.07, 6.45) is 3.99. The van der Waals surface area contributed by atoms with Crippen LogP contribution >= 0.6 is 0 Å². The Morgan fingerprint density at radius 3 is 2.63 bits per heavy atom. The zero-order valence-corrected chi connectivity index (χ0v) is 11.5. The van der Waals surface area contributed by atoms with Crippen LogP contribution in [-0.4, -0.2) is 31.0 Å². The van der Waals surface area contributed by atoms with E-state index in [1.807, 2.05) is 24.3 Å². The second kappa shape index (κ2) is 6.26. The van der Waals surface area contributed by atoms with Crippen molar-refractivity contribution in [2.24, 2.45) is 11.7 Å². The van der Waals surface area contributed by atoms with Gasteiger partial charge in [-0.3, -0.25) is 0 Å². The first kappa shape index (κ1) is 14.2. The zero-order valence-electron chi connectivity index (χ0n) is 11.5. The largest absolute Gasteiger partial charge is 0.497 e. The minimum Gasteiger partial charge on any atom is -0.497 e. The molecule has 0 spiro atoms. The first-order chi connectivity index (χ1) is 9.18. The molecular formula is C15H23NO3. The fourth-order valence-corrected chi connectivity index (χ4v) is 2.80. The molecule has 1 saturated carbocycles. The average molecular weight is 265 g/mol. The number of aliphatic hydroxyl groups excluding tert-OH is 1. The molecular weight excluding hydrogens is 242 g/mol. The summed E-state index contributed by atoms with van der Waals surface area (Å²) < 4.78 is 10.8. The first-order valence-electron chi connectivity index (χ1n) is 6.84. The fraction of sp³-hybridized carbons (Fsp3) is 0.600. The Morgan fingerprint density at radius 1 is 1.32 bits per heavy atom. The van der Waals surface area contributed by atoms with Gasteiger partial charge in [-0.25, -0.2) is 0 Å². The third-order valence-electron chi connectivity index (χ3n) is 4.10. The summed E-state index contributed by atoms with van der Waals surface area (Å²) in [4.78, 5) is 0. The molecule has 0 radical (unpaired) electrons. The molecule has 1 aliphatic rings. The summed E-state index contributed by atoms with van der Waals surface area (Å²) in [7, 11) is 1.64. The van der Waals surface area contributed by atoms with Crippen molar-refractivity contribution in [2.45, 2.75) is 31.2 Å². The predicted molar refractivity (Wildman–Crippen MR) is 74.5 cm³/mol. The highest BCUT2D eigenvalue weighted by atomic mass is 16.5.